The van der Waals surface area contributed by atoms with E-state index in [0.29, 0.717) is 11.3 Å². The van der Waals surface area contributed by atoms with Crippen LogP contribution in [0.3, 0.4) is 0 Å². The highest BCUT2D eigenvalue weighted by Crippen LogP contribution is 2.32. The molecule has 0 aliphatic heterocycles. The first kappa shape index (κ1) is 20.3. The van der Waals surface area contributed by atoms with E-state index in [2.05, 4.69) is 15.6 Å². The van der Waals surface area contributed by atoms with Crippen molar-refractivity contribution in [2.24, 2.45) is 13.0 Å². The van der Waals surface area contributed by atoms with Crippen molar-refractivity contribution in [3.63, 3.8) is 0 Å². The van der Waals surface area contributed by atoms with Crippen LogP contribution < -0.4 is 10.6 Å². The SMILES string of the molecule is Cn1cncc1-c1ccc(NC(=O)[C@@H](NC(=O)OC2CC2)C2CCCCC2)cc1O. The van der Waals surface area contributed by atoms with E-state index in [1.54, 1.807) is 24.7 Å². The fourth-order valence-electron chi connectivity index (χ4n) is 4.03. The van der Waals surface area contributed by atoms with Crippen molar-refractivity contribution >= 4 is 17.7 Å². The van der Waals surface area contributed by atoms with Gasteiger partial charge in [-0.2, -0.15) is 0 Å². The van der Waals surface area contributed by atoms with Crippen molar-refractivity contribution in [2.75, 3.05) is 5.32 Å². The summed E-state index contributed by atoms with van der Waals surface area (Å²) in [5, 5.41) is 16.1. The maximum Gasteiger partial charge on any atom is 0.408 e. The second kappa shape index (κ2) is 8.77. The Balaban J connectivity index is 1.47. The van der Waals surface area contributed by atoms with Crippen LogP contribution in [0.4, 0.5) is 10.5 Å². The Morgan fingerprint density at radius 1 is 1.20 bits per heavy atom. The molecule has 2 amide bonds. The smallest absolute Gasteiger partial charge is 0.408 e. The number of phenols is 1. The van der Waals surface area contributed by atoms with Crippen molar-refractivity contribution in [1.29, 1.82) is 0 Å². The maximum absolute atomic E-state index is 13.1. The molecule has 2 aliphatic rings. The third-order valence-corrected chi connectivity index (χ3v) is 5.83. The number of aryl methyl sites for hydroxylation is 1. The van der Waals surface area contributed by atoms with Gasteiger partial charge in [0, 0.05) is 24.4 Å². The number of nitrogens with one attached hydrogen (secondary N) is 2. The van der Waals surface area contributed by atoms with Crippen molar-refractivity contribution < 1.29 is 19.4 Å². The Kier molecular flexibility index (Phi) is 5.92. The summed E-state index contributed by atoms with van der Waals surface area (Å²) in [5.74, 6) is -0.165. The number of carbonyl (C=O) groups is 2. The first-order valence-corrected chi connectivity index (χ1v) is 10.6. The molecule has 1 heterocycles. The van der Waals surface area contributed by atoms with Gasteiger partial charge >= 0.3 is 6.09 Å². The lowest BCUT2D eigenvalue weighted by molar-refractivity contribution is -0.119. The fraction of sp³-hybridized carbons (Fsp3) is 0.500. The second-order valence-corrected chi connectivity index (χ2v) is 8.24. The van der Waals surface area contributed by atoms with E-state index in [1.807, 2.05) is 11.6 Å². The van der Waals surface area contributed by atoms with Crippen LogP contribution in [0.5, 0.6) is 5.75 Å². The summed E-state index contributed by atoms with van der Waals surface area (Å²) in [6.45, 7) is 0. The van der Waals surface area contributed by atoms with E-state index in [0.717, 1.165) is 50.6 Å². The number of anilines is 1. The minimum Gasteiger partial charge on any atom is -0.507 e. The number of imidazole rings is 1. The number of benzene rings is 1. The standard InChI is InChI=1S/C22H28N4O4/c1-26-13-23-12-18(26)17-10-7-15(11-19(17)27)24-21(28)20(14-5-3-2-4-6-14)25-22(29)30-16-8-9-16/h7,10-14,16,20,27H,2-6,8-9H2,1H3,(H,24,28)(H,25,29)/t20-/m0/s1. The third-order valence-electron chi connectivity index (χ3n) is 5.83. The summed E-state index contributed by atoms with van der Waals surface area (Å²) in [5.41, 5.74) is 1.87. The first-order valence-electron chi connectivity index (χ1n) is 10.6. The molecular weight excluding hydrogens is 384 g/mol. The molecule has 3 N–H and O–H groups in total. The van der Waals surface area contributed by atoms with Crippen LogP contribution in [-0.4, -0.2) is 38.8 Å². The van der Waals surface area contributed by atoms with E-state index in [9.17, 15) is 14.7 Å². The van der Waals surface area contributed by atoms with Gasteiger partial charge in [-0.15, -0.1) is 0 Å². The average Bonchev–Trinajstić information content (AvgIpc) is 3.44. The molecule has 1 atom stereocenters. The Hall–Kier alpha value is -3.03. The minimum atomic E-state index is -0.657. The van der Waals surface area contributed by atoms with E-state index in [4.69, 9.17) is 4.74 Å². The molecule has 2 aliphatic carbocycles. The van der Waals surface area contributed by atoms with Crippen LogP contribution in [0.25, 0.3) is 11.3 Å². The molecule has 30 heavy (non-hydrogen) atoms. The largest absolute Gasteiger partial charge is 0.507 e. The first-order chi connectivity index (χ1) is 14.5. The number of aromatic nitrogens is 2. The molecule has 2 saturated carbocycles. The van der Waals surface area contributed by atoms with Gasteiger partial charge in [-0.3, -0.25) is 4.79 Å². The van der Waals surface area contributed by atoms with Crippen LogP contribution >= 0.6 is 0 Å². The van der Waals surface area contributed by atoms with E-state index in [1.165, 1.54) is 6.07 Å². The lowest BCUT2D eigenvalue weighted by Crippen LogP contribution is -2.49. The molecule has 2 fully saturated rings. The van der Waals surface area contributed by atoms with Crippen molar-refractivity contribution in [1.82, 2.24) is 14.9 Å². The number of hydrogen-bond donors (Lipinski definition) is 3. The normalized spacial score (nSPS) is 17.9. The Morgan fingerprint density at radius 3 is 2.60 bits per heavy atom. The van der Waals surface area contributed by atoms with Crippen LogP contribution in [0, 0.1) is 5.92 Å². The number of alkyl carbamates (subject to hydrolysis) is 1. The van der Waals surface area contributed by atoms with Gasteiger partial charge in [0.2, 0.25) is 5.91 Å². The van der Waals surface area contributed by atoms with Gasteiger partial charge in [-0.25, -0.2) is 9.78 Å². The minimum absolute atomic E-state index is 0.0171. The molecule has 160 valence electrons. The topological polar surface area (TPSA) is 105 Å². The van der Waals surface area contributed by atoms with Crippen LogP contribution in [-0.2, 0) is 16.6 Å². The molecular formula is C22H28N4O4. The molecule has 1 aromatic carbocycles. The molecule has 1 aromatic heterocycles. The quantitative estimate of drug-likeness (QED) is 0.673. The number of carbonyl (C=O) groups excluding carboxylic acids is 2. The number of amides is 2. The summed E-state index contributed by atoms with van der Waals surface area (Å²) in [6.07, 6.45) is 9.59. The van der Waals surface area contributed by atoms with E-state index < -0.39 is 12.1 Å². The molecule has 8 heteroatoms. The van der Waals surface area contributed by atoms with Crippen molar-refractivity contribution in [3.8, 4) is 17.0 Å². The Labute approximate surface area is 175 Å². The molecule has 0 unspecified atom stereocenters. The average molecular weight is 412 g/mol. The highest BCUT2D eigenvalue weighted by molar-refractivity contribution is 5.97. The summed E-state index contributed by atoms with van der Waals surface area (Å²) < 4.78 is 7.10. The molecule has 2 aromatic rings. The summed E-state index contributed by atoms with van der Waals surface area (Å²) in [4.78, 5) is 29.3. The van der Waals surface area contributed by atoms with Crippen LogP contribution in [0.15, 0.2) is 30.7 Å². The maximum atomic E-state index is 13.1. The zero-order chi connectivity index (χ0) is 21.1. The molecule has 0 bridgehead atoms. The van der Waals surface area contributed by atoms with E-state index in [-0.39, 0.29) is 23.7 Å². The van der Waals surface area contributed by atoms with Gasteiger partial charge in [-0.05, 0) is 43.7 Å². The lowest BCUT2D eigenvalue weighted by Gasteiger charge is -2.29. The van der Waals surface area contributed by atoms with Gasteiger partial charge in [0.1, 0.15) is 17.9 Å². The van der Waals surface area contributed by atoms with Gasteiger partial charge < -0.3 is 25.0 Å². The monoisotopic (exact) mass is 412 g/mol. The summed E-state index contributed by atoms with van der Waals surface area (Å²) >= 11 is 0. The van der Waals surface area contributed by atoms with Gasteiger partial charge in [0.05, 0.1) is 18.2 Å². The van der Waals surface area contributed by atoms with Gasteiger partial charge in [0.25, 0.3) is 0 Å². The van der Waals surface area contributed by atoms with Crippen LogP contribution in [0.2, 0.25) is 0 Å². The van der Waals surface area contributed by atoms with Crippen LogP contribution in [0.1, 0.15) is 44.9 Å². The number of hydrogen-bond acceptors (Lipinski definition) is 5. The molecule has 8 nitrogen and oxygen atoms in total. The third kappa shape index (κ3) is 4.75. The summed E-state index contributed by atoms with van der Waals surface area (Å²) in [6, 6.07) is 4.34. The zero-order valence-electron chi connectivity index (χ0n) is 17.1. The highest BCUT2D eigenvalue weighted by atomic mass is 16.6. The Morgan fingerprint density at radius 2 is 1.97 bits per heavy atom. The number of rotatable bonds is 6. The molecule has 0 radical (unpaired) electrons. The van der Waals surface area contributed by atoms with E-state index >= 15 is 0 Å². The summed E-state index contributed by atoms with van der Waals surface area (Å²) in [7, 11) is 1.85. The molecule has 0 spiro atoms. The second-order valence-electron chi connectivity index (χ2n) is 8.24. The van der Waals surface area contributed by atoms with Gasteiger partial charge in [0.15, 0.2) is 0 Å². The van der Waals surface area contributed by atoms with Crippen molar-refractivity contribution in [2.45, 2.75) is 57.1 Å². The predicted molar refractivity (Wildman–Crippen MR) is 112 cm³/mol. The zero-order valence-corrected chi connectivity index (χ0v) is 17.1. The molecule has 0 saturated heterocycles. The van der Waals surface area contributed by atoms with Gasteiger partial charge in [-0.1, -0.05) is 19.3 Å². The number of aromatic hydroxyl groups is 1. The Bertz CT molecular complexity index is 916. The number of ether oxygens (including phenoxy) is 1. The number of phenolic OH excluding ortho intramolecular Hbond substituents is 1. The molecule has 4 rings (SSSR count). The highest BCUT2D eigenvalue weighted by Gasteiger charge is 2.33. The fourth-order valence-corrected chi connectivity index (χ4v) is 4.03. The number of nitrogens with zero attached hydrogens (tertiary/aromatic N) is 2. The van der Waals surface area contributed by atoms with Crippen molar-refractivity contribution in [3.05, 3.63) is 30.7 Å². The predicted octanol–water partition coefficient (Wildman–Crippen LogP) is 3.57. The lowest BCUT2D eigenvalue weighted by atomic mass is 9.83.